The van der Waals surface area contributed by atoms with E-state index >= 15 is 0 Å². The molecule has 1 aromatic rings. The maximum absolute atomic E-state index is 5.85. The predicted octanol–water partition coefficient (Wildman–Crippen LogP) is 2.56. The lowest BCUT2D eigenvalue weighted by molar-refractivity contribution is 0.285. The average molecular weight is 287 g/mol. The second kappa shape index (κ2) is 6.39. The van der Waals surface area contributed by atoms with E-state index in [1.807, 2.05) is 6.26 Å². The monoisotopic (exact) mass is 287 g/mol. The zero-order valence-corrected chi connectivity index (χ0v) is 13.0. The van der Waals surface area contributed by atoms with E-state index in [1.54, 1.807) is 0 Å². The molecular formula is C17H25N3O. The van der Waals surface area contributed by atoms with Gasteiger partial charge in [-0.2, -0.15) is 0 Å². The van der Waals surface area contributed by atoms with E-state index in [-0.39, 0.29) is 0 Å². The van der Waals surface area contributed by atoms with Crippen LogP contribution >= 0.6 is 0 Å². The zero-order chi connectivity index (χ0) is 14.7. The molecule has 1 atom stereocenters. The number of rotatable bonds is 4. The molecule has 0 radical (unpaired) electrons. The summed E-state index contributed by atoms with van der Waals surface area (Å²) in [5, 5.41) is 3.43. The highest BCUT2D eigenvalue weighted by Gasteiger charge is 2.22. The molecule has 2 aliphatic rings. The molecule has 1 unspecified atom stereocenters. The van der Waals surface area contributed by atoms with Crippen molar-refractivity contribution in [3.8, 4) is 5.75 Å². The number of nitrogens with one attached hydrogen (secondary N) is 1. The molecule has 2 heterocycles. The quantitative estimate of drug-likeness (QED) is 0.921. The lowest BCUT2D eigenvalue weighted by Gasteiger charge is -2.26. The Balaban J connectivity index is 1.81. The molecule has 0 amide bonds. The summed E-state index contributed by atoms with van der Waals surface area (Å²) in [6, 6.07) is 7.18. The first-order chi connectivity index (χ1) is 10.3. The van der Waals surface area contributed by atoms with Crippen molar-refractivity contribution in [2.45, 2.75) is 32.9 Å². The van der Waals surface area contributed by atoms with E-state index in [2.05, 4.69) is 53.4 Å². The first-order valence-corrected chi connectivity index (χ1v) is 7.99. The summed E-state index contributed by atoms with van der Waals surface area (Å²) < 4.78 is 5.85. The number of ether oxygens (including phenoxy) is 1. The highest BCUT2D eigenvalue weighted by molar-refractivity contribution is 5.54. The Morgan fingerprint density at radius 2 is 2.19 bits per heavy atom. The molecule has 1 N–H and O–H groups in total. The Bertz CT molecular complexity index is 505. The van der Waals surface area contributed by atoms with Crippen LogP contribution in [0.4, 0.5) is 5.69 Å². The SMILES string of the molecule is CCN(CC)c1ccc2c(c1)OC=CN(C1CCNC1)C2. The first-order valence-electron chi connectivity index (χ1n) is 7.99. The van der Waals surface area contributed by atoms with Crippen LogP contribution in [0.3, 0.4) is 0 Å². The van der Waals surface area contributed by atoms with Crippen LogP contribution in [-0.4, -0.2) is 37.1 Å². The van der Waals surface area contributed by atoms with Gasteiger partial charge in [0.1, 0.15) is 12.0 Å². The molecule has 21 heavy (non-hydrogen) atoms. The van der Waals surface area contributed by atoms with Gasteiger partial charge in [-0.1, -0.05) is 6.07 Å². The molecule has 0 spiro atoms. The van der Waals surface area contributed by atoms with Gasteiger partial charge < -0.3 is 19.9 Å². The summed E-state index contributed by atoms with van der Waals surface area (Å²) in [6.07, 6.45) is 5.13. The van der Waals surface area contributed by atoms with Gasteiger partial charge in [0.15, 0.2) is 0 Å². The van der Waals surface area contributed by atoms with Crippen LogP contribution in [-0.2, 0) is 6.54 Å². The van der Waals surface area contributed by atoms with Crippen molar-refractivity contribution < 1.29 is 4.74 Å². The van der Waals surface area contributed by atoms with Gasteiger partial charge in [-0.15, -0.1) is 0 Å². The van der Waals surface area contributed by atoms with Crippen LogP contribution in [0, 0.1) is 0 Å². The van der Waals surface area contributed by atoms with E-state index in [0.717, 1.165) is 38.5 Å². The van der Waals surface area contributed by atoms with Crippen LogP contribution in [0.25, 0.3) is 0 Å². The van der Waals surface area contributed by atoms with Gasteiger partial charge >= 0.3 is 0 Å². The molecule has 0 saturated carbocycles. The Morgan fingerprint density at radius 3 is 2.90 bits per heavy atom. The molecule has 0 aliphatic carbocycles. The maximum atomic E-state index is 5.85. The first kappa shape index (κ1) is 14.3. The second-order valence-electron chi connectivity index (χ2n) is 5.69. The van der Waals surface area contributed by atoms with Gasteiger partial charge in [-0.05, 0) is 32.9 Å². The van der Waals surface area contributed by atoms with Crippen LogP contribution in [0.2, 0.25) is 0 Å². The smallest absolute Gasteiger partial charge is 0.133 e. The van der Waals surface area contributed by atoms with Crippen molar-refractivity contribution in [1.29, 1.82) is 0 Å². The summed E-state index contributed by atoms with van der Waals surface area (Å²) in [4.78, 5) is 4.74. The van der Waals surface area contributed by atoms with Gasteiger partial charge in [0, 0.05) is 55.7 Å². The predicted molar refractivity (Wildman–Crippen MR) is 86.6 cm³/mol. The van der Waals surface area contributed by atoms with E-state index in [0.29, 0.717) is 6.04 Å². The van der Waals surface area contributed by atoms with Crippen molar-refractivity contribution in [2.24, 2.45) is 0 Å². The summed E-state index contributed by atoms with van der Waals surface area (Å²) in [6.45, 7) is 9.52. The standard InChI is InChI=1S/C17H25N3O/c1-3-19(4-2)15-6-5-14-13-20(16-7-8-18-12-16)9-10-21-17(14)11-15/h5-6,9-11,16,18H,3-4,7-8,12-13H2,1-2H3. The third-order valence-electron chi connectivity index (χ3n) is 4.48. The number of hydrogen-bond donors (Lipinski definition) is 1. The van der Waals surface area contributed by atoms with Crippen molar-refractivity contribution in [3.05, 3.63) is 36.2 Å². The molecule has 114 valence electrons. The minimum Gasteiger partial charge on any atom is -0.463 e. The number of hydrogen-bond acceptors (Lipinski definition) is 4. The van der Waals surface area contributed by atoms with Crippen molar-refractivity contribution >= 4 is 5.69 Å². The van der Waals surface area contributed by atoms with Gasteiger partial charge in [-0.3, -0.25) is 0 Å². The number of anilines is 1. The third kappa shape index (κ3) is 3.00. The molecule has 1 aromatic carbocycles. The fourth-order valence-corrected chi connectivity index (χ4v) is 3.17. The minimum absolute atomic E-state index is 0.582. The minimum atomic E-state index is 0.582. The number of fused-ring (bicyclic) bond motifs is 1. The molecule has 4 nitrogen and oxygen atoms in total. The summed E-state index contributed by atoms with van der Waals surface area (Å²) in [5.74, 6) is 0.990. The fourth-order valence-electron chi connectivity index (χ4n) is 3.17. The van der Waals surface area contributed by atoms with Crippen LogP contribution < -0.4 is 15.0 Å². The van der Waals surface area contributed by atoms with E-state index < -0.39 is 0 Å². The van der Waals surface area contributed by atoms with Gasteiger partial charge in [0.2, 0.25) is 0 Å². The van der Waals surface area contributed by atoms with Gasteiger partial charge in [-0.25, -0.2) is 0 Å². The lowest BCUT2D eigenvalue weighted by atomic mass is 10.1. The highest BCUT2D eigenvalue weighted by Crippen LogP contribution is 2.30. The van der Waals surface area contributed by atoms with Crippen LogP contribution in [0.15, 0.2) is 30.7 Å². The van der Waals surface area contributed by atoms with Gasteiger partial charge in [0.05, 0.1) is 0 Å². The van der Waals surface area contributed by atoms with E-state index in [9.17, 15) is 0 Å². The zero-order valence-electron chi connectivity index (χ0n) is 13.0. The number of benzene rings is 1. The van der Waals surface area contributed by atoms with Crippen molar-refractivity contribution in [1.82, 2.24) is 10.2 Å². The highest BCUT2D eigenvalue weighted by atomic mass is 16.5. The summed E-state index contributed by atoms with van der Waals surface area (Å²) in [7, 11) is 0. The third-order valence-corrected chi connectivity index (χ3v) is 4.48. The average Bonchev–Trinajstić information content (AvgIpc) is 2.95. The molecule has 0 bridgehead atoms. The van der Waals surface area contributed by atoms with Gasteiger partial charge in [0.25, 0.3) is 0 Å². The molecule has 4 heteroatoms. The van der Waals surface area contributed by atoms with E-state index in [4.69, 9.17) is 4.74 Å². The molecule has 2 aliphatic heterocycles. The summed E-state index contributed by atoms with van der Waals surface area (Å²) >= 11 is 0. The lowest BCUT2D eigenvalue weighted by Crippen LogP contribution is -2.31. The van der Waals surface area contributed by atoms with Crippen LogP contribution in [0.5, 0.6) is 5.75 Å². The Hall–Kier alpha value is -1.68. The normalized spacial score (nSPS) is 20.9. The Morgan fingerprint density at radius 1 is 1.33 bits per heavy atom. The van der Waals surface area contributed by atoms with Crippen molar-refractivity contribution in [2.75, 3.05) is 31.1 Å². The Kier molecular flexibility index (Phi) is 4.34. The second-order valence-corrected chi connectivity index (χ2v) is 5.69. The van der Waals surface area contributed by atoms with Crippen molar-refractivity contribution in [3.63, 3.8) is 0 Å². The topological polar surface area (TPSA) is 27.7 Å². The largest absolute Gasteiger partial charge is 0.463 e. The maximum Gasteiger partial charge on any atom is 0.133 e. The molecule has 1 saturated heterocycles. The molecule has 3 rings (SSSR count). The molecule has 0 aromatic heterocycles. The molecular weight excluding hydrogens is 262 g/mol. The Labute approximate surface area is 127 Å². The van der Waals surface area contributed by atoms with E-state index in [1.165, 1.54) is 17.7 Å². The number of nitrogens with zero attached hydrogens (tertiary/aromatic N) is 2. The molecule has 1 fully saturated rings. The fraction of sp³-hybridized carbons (Fsp3) is 0.529. The van der Waals surface area contributed by atoms with Crippen LogP contribution in [0.1, 0.15) is 25.8 Å². The summed E-state index contributed by atoms with van der Waals surface area (Å²) in [5.41, 5.74) is 2.51.